The van der Waals surface area contributed by atoms with Crippen molar-refractivity contribution < 1.29 is 23.8 Å². The molecule has 1 aliphatic rings. The number of para-hydroxylation sites is 1. The largest absolute Gasteiger partial charge is 0.503 e. The first-order valence-electron chi connectivity index (χ1n) is 10.4. The number of nitrogens with zero attached hydrogens (tertiary/aromatic N) is 2. The maximum Gasteiger partial charge on any atom is 0.290 e. The number of halogens is 1. The van der Waals surface area contributed by atoms with Crippen molar-refractivity contribution >= 4 is 49.5 Å². The molecule has 0 spiro atoms. The topological polar surface area (TPSA) is 84.9 Å². The number of rotatable bonds is 6. The number of hydrogen-bond acceptors (Lipinski definition) is 5. The lowest BCUT2D eigenvalue weighted by atomic mass is 9.94. The quantitative estimate of drug-likeness (QED) is 0.374. The molecule has 8 heteroatoms. The van der Waals surface area contributed by atoms with E-state index in [-0.39, 0.29) is 24.5 Å². The molecule has 5 rings (SSSR count). The van der Waals surface area contributed by atoms with E-state index >= 15 is 0 Å². The van der Waals surface area contributed by atoms with Crippen LogP contribution in [0.25, 0.3) is 21.9 Å². The van der Waals surface area contributed by atoms with Gasteiger partial charge in [-0.25, -0.2) is 0 Å². The van der Waals surface area contributed by atoms with Gasteiger partial charge in [0.25, 0.3) is 5.91 Å². The van der Waals surface area contributed by atoms with Crippen LogP contribution in [0.5, 0.6) is 0 Å². The van der Waals surface area contributed by atoms with Gasteiger partial charge >= 0.3 is 0 Å². The molecule has 1 aliphatic heterocycles. The van der Waals surface area contributed by atoms with Gasteiger partial charge in [0.05, 0.1) is 18.2 Å². The maximum atomic E-state index is 13.7. The summed E-state index contributed by atoms with van der Waals surface area (Å²) in [7, 11) is 3.45. The highest BCUT2D eigenvalue weighted by Gasteiger charge is 2.45. The zero-order valence-corrected chi connectivity index (χ0v) is 19.6. The van der Waals surface area contributed by atoms with E-state index in [0.29, 0.717) is 5.58 Å². The Balaban J connectivity index is 1.67. The summed E-state index contributed by atoms with van der Waals surface area (Å²) in [6.07, 6.45) is 1.89. The average molecular weight is 509 g/mol. The maximum absolute atomic E-state index is 13.7. The standard InChI is InChI=1S/C25H21BrN2O5/c1-27-13-17(16-5-3-4-6-18(16)27)22-21(24(30)25(31)28(22)9-10-32-2)23(29)20-12-14-11-15(26)7-8-19(14)33-20/h3-8,11-13,22,30H,9-10H2,1-2H3. The smallest absolute Gasteiger partial charge is 0.290 e. The fraction of sp³-hybridized carbons (Fsp3) is 0.200. The van der Waals surface area contributed by atoms with Crippen LogP contribution in [-0.2, 0) is 16.6 Å². The van der Waals surface area contributed by atoms with E-state index in [2.05, 4.69) is 15.9 Å². The van der Waals surface area contributed by atoms with Gasteiger partial charge in [-0.1, -0.05) is 34.1 Å². The molecular formula is C25H21BrN2O5. The van der Waals surface area contributed by atoms with Crippen molar-refractivity contribution in [3.8, 4) is 0 Å². The normalized spacial score (nSPS) is 16.5. The van der Waals surface area contributed by atoms with Crippen molar-refractivity contribution in [3.63, 3.8) is 0 Å². The number of carbonyl (C=O) groups is 2. The third-order valence-corrected chi connectivity index (χ3v) is 6.50. The Morgan fingerprint density at radius 1 is 1.21 bits per heavy atom. The number of methoxy groups -OCH3 is 1. The van der Waals surface area contributed by atoms with Crippen molar-refractivity contribution in [2.45, 2.75) is 6.04 Å². The Kier molecular flexibility index (Phi) is 5.34. The predicted molar refractivity (Wildman–Crippen MR) is 127 cm³/mol. The van der Waals surface area contributed by atoms with Gasteiger partial charge in [0.1, 0.15) is 5.58 Å². The van der Waals surface area contributed by atoms with E-state index < -0.39 is 23.5 Å². The minimum atomic E-state index is -0.772. The first kappa shape index (κ1) is 21.5. The summed E-state index contributed by atoms with van der Waals surface area (Å²) in [6.45, 7) is 0.484. The summed E-state index contributed by atoms with van der Waals surface area (Å²) >= 11 is 3.42. The average Bonchev–Trinajstić information content (AvgIpc) is 3.45. The first-order valence-corrected chi connectivity index (χ1v) is 11.2. The lowest BCUT2D eigenvalue weighted by Crippen LogP contribution is -2.33. The highest BCUT2D eigenvalue weighted by Crippen LogP contribution is 2.42. The van der Waals surface area contributed by atoms with E-state index in [1.807, 2.05) is 54.2 Å². The second-order valence-electron chi connectivity index (χ2n) is 7.99. The fourth-order valence-electron chi connectivity index (χ4n) is 4.48. The molecule has 33 heavy (non-hydrogen) atoms. The number of aryl methyl sites for hydroxylation is 1. The van der Waals surface area contributed by atoms with Crippen LogP contribution in [-0.4, -0.2) is 46.5 Å². The fourth-order valence-corrected chi connectivity index (χ4v) is 4.86. The van der Waals surface area contributed by atoms with Gasteiger partial charge in [-0.15, -0.1) is 0 Å². The summed E-state index contributed by atoms with van der Waals surface area (Å²) in [5.74, 6) is -1.62. The summed E-state index contributed by atoms with van der Waals surface area (Å²) in [6, 6.07) is 14.0. The van der Waals surface area contributed by atoms with Gasteiger partial charge in [0.2, 0.25) is 5.78 Å². The van der Waals surface area contributed by atoms with E-state index in [9.17, 15) is 14.7 Å². The van der Waals surface area contributed by atoms with Crippen molar-refractivity contribution in [3.05, 3.63) is 81.9 Å². The van der Waals surface area contributed by atoms with E-state index in [1.165, 1.54) is 4.90 Å². The highest BCUT2D eigenvalue weighted by molar-refractivity contribution is 9.10. The number of carbonyl (C=O) groups excluding carboxylic acids is 2. The molecular weight excluding hydrogens is 488 g/mol. The molecule has 1 unspecified atom stereocenters. The molecule has 1 N–H and O–H groups in total. The molecule has 0 saturated carbocycles. The number of aliphatic hydroxyl groups is 1. The van der Waals surface area contributed by atoms with Crippen molar-refractivity contribution in [1.82, 2.24) is 9.47 Å². The van der Waals surface area contributed by atoms with Crippen LogP contribution in [0, 0.1) is 0 Å². The SMILES string of the molecule is COCCN1C(=O)C(O)=C(C(=O)c2cc3cc(Br)ccc3o2)C1c1cn(C)c2ccccc12. The summed E-state index contributed by atoms with van der Waals surface area (Å²) in [5, 5.41) is 12.5. The molecule has 1 amide bonds. The molecule has 4 aromatic rings. The monoisotopic (exact) mass is 508 g/mol. The lowest BCUT2D eigenvalue weighted by Gasteiger charge is -2.26. The second-order valence-corrected chi connectivity index (χ2v) is 8.91. The number of furan rings is 1. The van der Waals surface area contributed by atoms with Gasteiger partial charge in [0, 0.05) is 53.2 Å². The van der Waals surface area contributed by atoms with Gasteiger partial charge in [0.15, 0.2) is 11.5 Å². The van der Waals surface area contributed by atoms with E-state index in [1.54, 1.807) is 19.2 Å². The molecule has 0 fully saturated rings. The number of fused-ring (bicyclic) bond motifs is 2. The van der Waals surface area contributed by atoms with E-state index in [4.69, 9.17) is 9.15 Å². The number of ether oxygens (including phenoxy) is 1. The molecule has 3 heterocycles. The number of benzene rings is 2. The van der Waals surface area contributed by atoms with Crippen molar-refractivity contribution in [1.29, 1.82) is 0 Å². The zero-order chi connectivity index (χ0) is 23.3. The van der Waals surface area contributed by atoms with E-state index in [0.717, 1.165) is 26.3 Å². The number of amides is 1. The van der Waals surface area contributed by atoms with Gasteiger partial charge in [-0.3, -0.25) is 9.59 Å². The molecule has 0 radical (unpaired) electrons. The van der Waals surface area contributed by atoms with Crippen LogP contribution in [0.3, 0.4) is 0 Å². The Morgan fingerprint density at radius 3 is 2.79 bits per heavy atom. The third-order valence-electron chi connectivity index (χ3n) is 6.01. The summed E-state index contributed by atoms with van der Waals surface area (Å²) in [5.41, 5.74) is 2.26. The third kappa shape index (κ3) is 3.46. The van der Waals surface area contributed by atoms with Gasteiger partial charge < -0.3 is 23.7 Å². The van der Waals surface area contributed by atoms with Crippen LogP contribution >= 0.6 is 15.9 Å². The Hall–Kier alpha value is -3.36. The Labute approximate surface area is 198 Å². The molecule has 168 valence electrons. The van der Waals surface area contributed by atoms with Crippen molar-refractivity contribution in [2.24, 2.45) is 7.05 Å². The van der Waals surface area contributed by atoms with Gasteiger partial charge in [-0.2, -0.15) is 0 Å². The molecule has 0 aliphatic carbocycles. The number of aliphatic hydroxyl groups excluding tert-OH is 1. The minimum Gasteiger partial charge on any atom is -0.503 e. The van der Waals surface area contributed by atoms with Crippen LogP contribution in [0.2, 0.25) is 0 Å². The first-order chi connectivity index (χ1) is 15.9. The molecule has 7 nitrogen and oxygen atoms in total. The summed E-state index contributed by atoms with van der Waals surface area (Å²) in [4.78, 5) is 28.2. The predicted octanol–water partition coefficient (Wildman–Crippen LogP) is 4.91. The number of aromatic nitrogens is 1. The molecule has 0 saturated heterocycles. The number of Topliss-reactive ketones (excluding diaryl/α,β-unsaturated/α-hetero) is 1. The molecule has 0 bridgehead atoms. The molecule has 1 atom stereocenters. The number of hydrogen-bond donors (Lipinski definition) is 1. The van der Waals surface area contributed by atoms with Crippen LogP contribution in [0.4, 0.5) is 0 Å². The molecule has 2 aromatic carbocycles. The second kappa shape index (κ2) is 8.20. The minimum absolute atomic E-state index is 0.00516. The van der Waals surface area contributed by atoms with Crippen LogP contribution < -0.4 is 0 Å². The summed E-state index contributed by atoms with van der Waals surface area (Å²) < 4.78 is 13.8. The Morgan fingerprint density at radius 2 is 2.00 bits per heavy atom. The van der Waals surface area contributed by atoms with Gasteiger partial charge in [-0.05, 0) is 30.3 Å². The van der Waals surface area contributed by atoms with Crippen LogP contribution in [0.15, 0.2) is 74.9 Å². The zero-order valence-electron chi connectivity index (χ0n) is 18.0. The highest BCUT2D eigenvalue weighted by atomic mass is 79.9. The van der Waals surface area contributed by atoms with Crippen molar-refractivity contribution in [2.75, 3.05) is 20.3 Å². The Bertz CT molecular complexity index is 1450. The molecule has 2 aromatic heterocycles. The lowest BCUT2D eigenvalue weighted by molar-refractivity contribution is -0.130. The van der Waals surface area contributed by atoms with Crippen LogP contribution in [0.1, 0.15) is 22.2 Å². The number of ketones is 1.